The first kappa shape index (κ1) is 14.6. The van der Waals surface area contributed by atoms with E-state index in [0.717, 1.165) is 5.17 Å². The molecular formula is C13H21FN2O3S. The number of halogens is 1. The summed E-state index contributed by atoms with van der Waals surface area (Å²) in [4.78, 5) is 6.61. The molecule has 0 spiro atoms. The van der Waals surface area contributed by atoms with Crippen LogP contribution in [0.1, 0.15) is 20.8 Å². The Kier molecular flexibility index (Phi) is 3.52. The number of ether oxygens (including phenoxy) is 3. The number of hydrogen-bond acceptors (Lipinski definition) is 6. The summed E-state index contributed by atoms with van der Waals surface area (Å²) < 4.78 is 31.6. The molecule has 2 saturated heterocycles. The molecule has 2 fully saturated rings. The highest BCUT2D eigenvalue weighted by Gasteiger charge is 2.58. The number of nitrogens with zero attached hydrogens (tertiary/aromatic N) is 2. The van der Waals surface area contributed by atoms with E-state index in [4.69, 9.17) is 14.2 Å². The molecule has 114 valence electrons. The highest BCUT2D eigenvalue weighted by molar-refractivity contribution is 8.14. The van der Waals surface area contributed by atoms with E-state index in [-0.39, 0.29) is 17.6 Å². The first-order chi connectivity index (χ1) is 9.28. The van der Waals surface area contributed by atoms with Gasteiger partial charge in [-0.15, -0.1) is 0 Å². The van der Waals surface area contributed by atoms with Crippen molar-refractivity contribution in [3.63, 3.8) is 0 Å². The maximum absolute atomic E-state index is 13.9. The van der Waals surface area contributed by atoms with Crippen LogP contribution in [0.15, 0.2) is 4.99 Å². The molecule has 20 heavy (non-hydrogen) atoms. The Hall–Kier alpha value is -0.370. The predicted octanol–water partition coefficient (Wildman–Crippen LogP) is 1.62. The quantitative estimate of drug-likeness (QED) is 0.736. The summed E-state index contributed by atoms with van der Waals surface area (Å²) in [6.07, 6.45) is -2.37. The molecular weight excluding hydrogens is 283 g/mol. The zero-order valence-electron chi connectivity index (χ0n) is 12.4. The molecule has 3 aliphatic rings. The lowest BCUT2D eigenvalue weighted by atomic mass is 9.96. The smallest absolute Gasteiger partial charge is 0.164 e. The highest BCUT2D eigenvalue weighted by Crippen LogP contribution is 2.45. The molecule has 0 saturated carbocycles. The lowest BCUT2D eigenvalue weighted by Crippen LogP contribution is -2.55. The van der Waals surface area contributed by atoms with Crippen molar-refractivity contribution in [2.75, 3.05) is 14.1 Å². The van der Waals surface area contributed by atoms with Crippen LogP contribution < -0.4 is 0 Å². The molecule has 5 nitrogen and oxygen atoms in total. The minimum Gasteiger partial charge on any atom is -0.358 e. The third kappa shape index (κ3) is 2.34. The zero-order valence-corrected chi connectivity index (χ0v) is 13.2. The molecule has 3 rings (SSSR count). The van der Waals surface area contributed by atoms with Crippen LogP contribution in [0.3, 0.4) is 0 Å². The van der Waals surface area contributed by atoms with Crippen molar-refractivity contribution in [2.45, 2.75) is 62.5 Å². The van der Waals surface area contributed by atoms with E-state index in [2.05, 4.69) is 4.99 Å². The van der Waals surface area contributed by atoms with Crippen molar-refractivity contribution >= 4 is 16.9 Å². The number of alkyl halides is 1. The minimum absolute atomic E-state index is 0.140. The van der Waals surface area contributed by atoms with Crippen LogP contribution in [0.25, 0.3) is 0 Å². The van der Waals surface area contributed by atoms with Gasteiger partial charge in [-0.25, -0.2) is 4.39 Å². The Bertz CT molecular complexity index is 430. The van der Waals surface area contributed by atoms with E-state index in [9.17, 15) is 4.39 Å². The molecule has 0 aromatic carbocycles. The number of aliphatic imine (C=N–C) groups is 1. The summed E-state index contributed by atoms with van der Waals surface area (Å²) >= 11 is 1.52. The fourth-order valence-corrected chi connectivity index (χ4v) is 4.03. The van der Waals surface area contributed by atoms with Crippen molar-refractivity contribution < 1.29 is 18.6 Å². The van der Waals surface area contributed by atoms with Gasteiger partial charge < -0.3 is 19.1 Å². The van der Waals surface area contributed by atoms with Gasteiger partial charge in [-0.05, 0) is 20.8 Å². The molecule has 6 unspecified atom stereocenters. The Labute approximate surface area is 122 Å². The van der Waals surface area contributed by atoms with E-state index in [1.54, 1.807) is 0 Å². The Balaban J connectivity index is 1.89. The second kappa shape index (κ2) is 4.83. The van der Waals surface area contributed by atoms with Gasteiger partial charge in [0.1, 0.15) is 36.0 Å². The van der Waals surface area contributed by atoms with Gasteiger partial charge in [-0.2, -0.15) is 0 Å². The van der Waals surface area contributed by atoms with E-state index < -0.39 is 24.2 Å². The van der Waals surface area contributed by atoms with E-state index in [1.165, 1.54) is 18.7 Å². The monoisotopic (exact) mass is 304 g/mol. The molecule has 0 radical (unpaired) electrons. The van der Waals surface area contributed by atoms with E-state index in [0.29, 0.717) is 0 Å². The summed E-state index contributed by atoms with van der Waals surface area (Å²) in [5.74, 6) is -0.720. The lowest BCUT2D eigenvalue weighted by molar-refractivity contribution is -0.162. The van der Waals surface area contributed by atoms with E-state index >= 15 is 0 Å². The summed E-state index contributed by atoms with van der Waals surface area (Å²) in [7, 11) is 3.87. The molecule has 0 amide bonds. The molecule has 0 aromatic heterocycles. The lowest BCUT2D eigenvalue weighted by Gasteiger charge is -2.38. The maximum atomic E-state index is 13.9. The summed E-state index contributed by atoms with van der Waals surface area (Å²) in [5.41, 5.74) is -0.200. The normalized spacial score (nSPS) is 43.7. The SMILES string of the molecule is CC(F)C1OC2SC(N(C)C)=NC2C2OC(C)(C)OC12. The van der Waals surface area contributed by atoms with Crippen LogP contribution in [-0.4, -0.2) is 65.9 Å². The van der Waals surface area contributed by atoms with Crippen LogP contribution in [0.4, 0.5) is 4.39 Å². The van der Waals surface area contributed by atoms with Gasteiger partial charge in [-0.1, -0.05) is 11.8 Å². The van der Waals surface area contributed by atoms with Gasteiger partial charge in [0.05, 0.1) is 0 Å². The fourth-order valence-electron chi connectivity index (χ4n) is 2.89. The highest BCUT2D eigenvalue weighted by atomic mass is 32.2. The molecule has 0 aliphatic carbocycles. The molecule has 6 atom stereocenters. The predicted molar refractivity (Wildman–Crippen MR) is 75.6 cm³/mol. The second-order valence-corrected chi connectivity index (χ2v) is 7.19. The van der Waals surface area contributed by atoms with Crippen molar-refractivity contribution in [3.05, 3.63) is 0 Å². The van der Waals surface area contributed by atoms with E-state index in [1.807, 2.05) is 32.8 Å². The van der Waals surface area contributed by atoms with Gasteiger partial charge in [0.2, 0.25) is 0 Å². The van der Waals surface area contributed by atoms with Gasteiger partial charge >= 0.3 is 0 Å². The molecule has 7 heteroatoms. The summed E-state index contributed by atoms with van der Waals surface area (Å²) in [5, 5.41) is 0.888. The first-order valence-corrected chi connectivity index (χ1v) is 7.73. The molecule has 3 aliphatic heterocycles. The standard InChI is InChI=1S/C13H21FN2O3S/c1-6(14)8-10-9(18-13(2,3)19-10)7-11(17-8)20-12(15-7)16(4)5/h6-11H,1-5H3. The van der Waals surface area contributed by atoms with Crippen LogP contribution >= 0.6 is 11.8 Å². The maximum Gasteiger partial charge on any atom is 0.164 e. The molecule has 0 bridgehead atoms. The van der Waals surface area contributed by atoms with Crippen LogP contribution in [0.2, 0.25) is 0 Å². The number of thioether (sulfide) groups is 1. The number of fused-ring (bicyclic) bond motifs is 3. The molecule has 3 heterocycles. The Morgan fingerprint density at radius 2 is 1.95 bits per heavy atom. The first-order valence-electron chi connectivity index (χ1n) is 6.85. The topological polar surface area (TPSA) is 43.3 Å². The van der Waals surface area contributed by atoms with Crippen LogP contribution in [0, 0.1) is 0 Å². The van der Waals surface area contributed by atoms with Crippen LogP contribution in [0.5, 0.6) is 0 Å². The fraction of sp³-hybridized carbons (Fsp3) is 0.923. The van der Waals surface area contributed by atoms with Crippen molar-refractivity contribution in [1.82, 2.24) is 4.90 Å². The van der Waals surface area contributed by atoms with Crippen molar-refractivity contribution in [2.24, 2.45) is 4.99 Å². The van der Waals surface area contributed by atoms with Gasteiger partial charge in [0.25, 0.3) is 0 Å². The summed E-state index contributed by atoms with van der Waals surface area (Å²) in [6.45, 7) is 5.20. The Morgan fingerprint density at radius 1 is 1.30 bits per heavy atom. The Morgan fingerprint density at radius 3 is 2.55 bits per heavy atom. The van der Waals surface area contributed by atoms with Gasteiger partial charge in [0.15, 0.2) is 11.0 Å². The average molecular weight is 304 g/mol. The van der Waals surface area contributed by atoms with Crippen LogP contribution in [-0.2, 0) is 14.2 Å². The second-order valence-electron chi connectivity index (χ2n) is 6.13. The minimum atomic E-state index is -1.11. The third-order valence-electron chi connectivity index (χ3n) is 3.71. The van der Waals surface area contributed by atoms with Gasteiger partial charge in [-0.3, -0.25) is 4.99 Å². The van der Waals surface area contributed by atoms with Gasteiger partial charge in [0, 0.05) is 14.1 Å². The molecule has 0 N–H and O–H groups in total. The average Bonchev–Trinajstić information content (AvgIpc) is 2.86. The zero-order chi connectivity index (χ0) is 14.7. The summed E-state index contributed by atoms with van der Waals surface area (Å²) in [6, 6.07) is -0.140. The van der Waals surface area contributed by atoms with Crippen molar-refractivity contribution in [3.8, 4) is 0 Å². The largest absolute Gasteiger partial charge is 0.358 e. The number of amidine groups is 1. The third-order valence-corrected chi connectivity index (χ3v) is 5.01. The van der Waals surface area contributed by atoms with Crippen molar-refractivity contribution in [1.29, 1.82) is 0 Å². The molecule has 0 aromatic rings. The number of rotatable bonds is 1. The number of hydrogen-bond donors (Lipinski definition) is 0.